The Morgan fingerprint density at radius 1 is 1.06 bits per heavy atom. The molecule has 0 aliphatic carbocycles. The molecule has 0 heterocycles. The summed E-state index contributed by atoms with van der Waals surface area (Å²) in [5.74, 6) is -0.354. The molecule has 0 aromatic carbocycles. The van der Waals surface area contributed by atoms with E-state index in [9.17, 15) is 9.36 Å². The maximum atomic E-state index is 11.5. The van der Waals surface area contributed by atoms with Gasteiger partial charge in [0.05, 0.1) is 13.2 Å². The zero-order chi connectivity index (χ0) is 12.9. The standard InChI is InChI=1S/C12H24O4P/c1-3-5-7-15-9-10-17(14)11-12(13)16-8-6-4-2/h3-11H2,1-2H3/q+1. The van der Waals surface area contributed by atoms with Crippen LogP contribution in [0.3, 0.4) is 0 Å². The number of hydrogen-bond acceptors (Lipinski definition) is 4. The molecule has 1 unspecified atom stereocenters. The predicted molar refractivity (Wildman–Crippen MR) is 68.9 cm³/mol. The lowest BCUT2D eigenvalue weighted by molar-refractivity contribution is -0.140. The molecule has 0 bridgehead atoms. The predicted octanol–water partition coefficient (Wildman–Crippen LogP) is 2.97. The first-order valence-electron chi connectivity index (χ1n) is 6.36. The van der Waals surface area contributed by atoms with Gasteiger partial charge in [-0.15, -0.1) is 0 Å². The minimum absolute atomic E-state index is 0.0240. The maximum absolute atomic E-state index is 11.5. The number of hydrogen-bond donors (Lipinski definition) is 0. The Labute approximate surface area is 105 Å². The minimum atomic E-state index is -1.51. The highest BCUT2D eigenvalue weighted by molar-refractivity contribution is 7.45. The second-order valence-electron chi connectivity index (χ2n) is 3.90. The smallest absolute Gasteiger partial charge is 0.354 e. The Morgan fingerprint density at radius 2 is 1.71 bits per heavy atom. The molecule has 0 radical (unpaired) electrons. The second kappa shape index (κ2) is 12.0. The van der Waals surface area contributed by atoms with E-state index in [2.05, 4.69) is 6.92 Å². The first-order chi connectivity index (χ1) is 8.20. The molecule has 0 saturated carbocycles. The SMILES string of the molecule is CCCCOCC[P+](=O)CC(=O)OCCCC. The molecule has 0 spiro atoms. The highest BCUT2D eigenvalue weighted by Gasteiger charge is 2.21. The monoisotopic (exact) mass is 263 g/mol. The van der Waals surface area contributed by atoms with Crippen molar-refractivity contribution in [3.05, 3.63) is 0 Å². The maximum Gasteiger partial charge on any atom is 0.354 e. The Morgan fingerprint density at radius 3 is 2.35 bits per heavy atom. The highest BCUT2D eigenvalue weighted by atomic mass is 31.1. The van der Waals surface area contributed by atoms with Crippen LogP contribution in [-0.2, 0) is 18.8 Å². The third-order valence-corrected chi connectivity index (χ3v) is 3.49. The molecule has 0 aliphatic rings. The third-order valence-electron chi connectivity index (χ3n) is 2.19. The Kier molecular flexibility index (Phi) is 11.7. The van der Waals surface area contributed by atoms with Crippen LogP contribution in [0.25, 0.3) is 0 Å². The van der Waals surface area contributed by atoms with Gasteiger partial charge in [0, 0.05) is 6.61 Å². The fourth-order valence-corrected chi connectivity index (χ4v) is 1.98. The third kappa shape index (κ3) is 11.8. The number of rotatable bonds is 11. The zero-order valence-corrected chi connectivity index (χ0v) is 11.8. The first-order valence-corrected chi connectivity index (χ1v) is 7.99. The van der Waals surface area contributed by atoms with E-state index in [4.69, 9.17) is 9.47 Å². The van der Waals surface area contributed by atoms with E-state index >= 15 is 0 Å². The summed E-state index contributed by atoms with van der Waals surface area (Å²) in [6.07, 6.45) is 4.44. The van der Waals surface area contributed by atoms with Crippen LogP contribution in [0.4, 0.5) is 0 Å². The van der Waals surface area contributed by atoms with E-state index in [1.54, 1.807) is 0 Å². The van der Waals surface area contributed by atoms with Crippen LogP contribution in [0.2, 0.25) is 0 Å². The number of carbonyl (C=O) groups excluding carboxylic acids is 1. The van der Waals surface area contributed by atoms with Crippen molar-refractivity contribution in [2.45, 2.75) is 39.5 Å². The van der Waals surface area contributed by atoms with Gasteiger partial charge in [-0.3, -0.25) is 0 Å². The molecule has 0 amide bonds. The fraction of sp³-hybridized carbons (Fsp3) is 0.917. The van der Waals surface area contributed by atoms with Crippen LogP contribution in [0.5, 0.6) is 0 Å². The molecule has 100 valence electrons. The summed E-state index contributed by atoms with van der Waals surface area (Å²) in [5.41, 5.74) is 0. The van der Waals surface area contributed by atoms with Crippen LogP contribution in [0, 0.1) is 0 Å². The normalized spacial score (nSPS) is 11.3. The lowest BCUT2D eigenvalue weighted by atomic mass is 10.4. The van der Waals surface area contributed by atoms with Crippen LogP contribution in [-0.4, -0.2) is 38.1 Å². The van der Waals surface area contributed by atoms with E-state index in [-0.39, 0.29) is 12.1 Å². The van der Waals surface area contributed by atoms with Crippen molar-refractivity contribution >= 4 is 13.8 Å². The van der Waals surface area contributed by atoms with E-state index in [1.807, 2.05) is 6.92 Å². The summed E-state index contributed by atoms with van der Waals surface area (Å²) in [6, 6.07) is 0. The van der Waals surface area contributed by atoms with Crippen LogP contribution in [0.1, 0.15) is 39.5 Å². The molecule has 0 saturated heterocycles. The molecule has 0 fully saturated rings. The minimum Gasteiger partial charge on any atom is -0.463 e. The first kappa shape index (κ1) is 16.5. The van der Waals surface area contributed by atoms with Gasteiger partial charge in [0.15, 0.2) is 6.16 Å². The number of esters is 1. The van der Waals surface area contributed by atoms with Crippen molar-refractivity contribution < 1.29 is 18.8 Å². The Hall–Kier alpha value is -0.470. The van der Waals surface area contributed by atoms with Crippen LogP contribution in [0.15, 0.2) is 0 Å². The van der Waals surface area contributed by atoms with Gasteiger partial charge in [0.1, 0.15) is 0 Å². The van der Waals surface area contributed by atoms with E-state index in [0.717, 1.165) is 25.7 Å². The number of carbonyl (C=O) groups is 1. The van der Waals surface area contributed by atoms with E-state index in [1.165, 1.54) is 0 Å². The summed E-state index contributed by atoms with van der Waals surface area (Å²) in [6.45, 7) is 5.74. The molecule has 0 rings (SSSR count). The highest BCUT2D eigenvalue weighted by Crippen LogP contribution is 2.19. The molecule has 0 aromatic heterocycles. The van der Waals surface area contributed by atoms with Gasteiger partial charge in [-0.25, -0.2) is 4.79 Å². The van der Waals surface area contributed by atoms with Gasteiger partial charge in [0.25, 0.3) is 0 Å². The quantitative estimate of drug-likeness (QED) is 0.327. The Balaban J connectivity index is 3.41. The fourth-order valence-electron chi connectivity index (χ4n) is 1.11. The molecule has 0 aromatic rings. The van der Waals surface area contributed by atoms with E-state index < -0.39 is 7.80 Å². The summed E-state index contributed by atoms with van der Waals surface area (Å²) in [7, 11) is -1.51. The largest absolute Gasteiger partial charge is 0.463 e. The Bertz CT molecular complexity index is 219. The number of ether oxygens (including phenoxy) is 2. The van der Waals surface area contributed by atoms with Gasteiger partial charge in [-0.1, -0.05) is 31.3 Å². The molecular weight excluding hydrogens is 239 g/mol. The molecule has 4 nitrogen and oxygen atoms in total. The summed E-state index contributed by atoms with van der Waals surface area (Å²) in [5, 5.41) is 0. The van der Waals surface area contributed by atoms with Crippen molar-refractivity contribution in [2.24, 2.45) is 0 Å². The van der Waals surface area contributed by atoms with E-state index in [0.29, 0.717) is 26.0 Å². The molecule has 5 heteroatoms. The van der Waals surface area contributed by atoms with Gasteiger partial charge >= 0.3 is 13.8 Å². The van der Waals surface area contributed by atoms with Crippen molar-refractivity contribution in [3.63, 3.8) is 0 Å². The lowest BCUT2D eigenvalue weighted by Gasteiger charge is -1.99. The van der Waals surface area contributed by atoms with Crippen molar-refractivity contribution in [1.29, 1.82) is 0 Å². The average Bonchev–Trinajstić information content (AvgIpc) is 2.29. The number of unbranched alkanes of at least 4 members (excludes halogenated alkanes) is 2. The molecule has 17 heavy (non-hydrogen) atoms. The zero-order valence-electron chi connectivity index (χ0n) is 10.9. The van der Waals surface area contributed by atoms with Gasteiger partial charge in [-0.2, -0.15) is 0 Å². The molecule has 0 N–H and O–H groups in total. The summed E-state index contributed by atoms with van der Waals surface area (Å²) in [4.78, 5) is 11.2. The van der Waals surface area contributed by atoms with Gasteiger partial charge < -0.3 is 9.47 Å². The second-order valence-corrected chi connectivity index (χ2v) is 5.63. The average molecular weight is 263 g/mol. The molecular formula is C12H24O4P+. The van der Waals surface area contributed by atoms with Gasteiger partial charge in [0.2, 0.25) is 6.16 Å². The molecule has 1 atom stereocenters. The van der Waals surface area contributed by atoms with Gasteiger partial charge in [-0.05, 0) is 12.8 Å². The van der Waals surface area contributed by atoms with Crippen molar-refractivity contribution in [3.8, 4) is 0 Å². The lowest BCUT2D eigenvalue weighted by Crippen LogP contribution is -2.10. The van der Waals surface area contributed by atoms with Crippen molar-refractivity contribution in [2.75, 3.05) is 32.1 Å². The topological polar surface area (TPSA) is 52.6 Å². The van der Waals surface area contributed by atoms with Crippen molar-refractivity contribution in [1.82, 2.24) is 0 Å². The molecule has 0 aliphatic heterocycles. The van der Waals surface area contributed by atoms with Crippen LogP contribution >= 0.6 is 7.80 Å². The van der Waals surface area contributed by atoms with Crippen LogP contribution < -0.4 is 0 Å². The summed E-state index contributed by atoms with van der Waals surface area (Å²) >= 11 is 0. The summed E-state index contributed by atoms with van der Waals surface area (Å²) < 4.78 is 21.7.